The second kappa shape index (κ2) is 6.15. The number of nitrogens with zero attached hydrogens (tertiary/aromatic N) is 2. The van der Waals surface area contributed by atoms with Gasteiger partial charge in [-0.1, -0.05) is 12.1 Å². The molecule has 1 N–H and O–H groups in total. The predicted octanol–water partition coefficient (Wildman–Crippen LogP) is 2.84. The lowest BCUT2D eigenvalue weighted by molar-refractivity contribution is 0.0951. The third kappa shape index (κ3) is 3.43. The van der Waals surface area contributed by atoms with Crippen molar-refractivity contribution in [2.75, 3.05) is 6.54 Å². The van der Waals surface area contributed by atoms with Crippen LogP contribution in [0.15, 0.2) is 45.6 Å². The van der Waals surface area contributed by atoms with Crippen molar-refractivity contribution >= 4 is 37.8 Å². The molecule has 2 aromatic rings. The minimum Gasteiger partial charge on any atom is -0.350 e. The van der Waals surface area contributed by atoms with Crippen LogP contribution in [0, 0.1) is 0 Å². The first-order chi connectivity index (χ1) is 8.66. The molecule has 0 aliphatic rings. The van der Waals surface area contributed by atoms with Gasteiger partial charge in [0.1, 0.15) is 0 Å². The summed E-state index contributed by atoms with van der Waals surface area (Å²) in [4.78, 5) is 11.9. The molecule has 0 atom stereocenters. The monoisotopic (exact) mass is 371 g/mol. The van der Waals surface area contributed by atoms with Crippen LogP contribution >= 0.6 is 31.9 Å². The van der Waals surface area contributed by atoms with Crippen molar-refractivity contribution in [3.05, 3.63) is 51.2 Å². The normalized spacial score (nSPS) is 10.3. The zero-order chi connectivity index (χ0) is 13.0. The predicted molar refractivity (Wildman–Crippen MR) is 76.4 cm³/mol. The van der Waals surface area contributed by atoms with Crippen molar-refractivity contribution in [2.45, 2.75) is 6.54 Å². The Morgan fingerprint density at radius 1 is 1.33 bits per heavy atom. The minimum absolute atomic E-state index is 0.0892. The van der Waals surface area contributed by atoms with Crippen LogP contribution in [0.2, 0.25) is 0 Å². The summed E-state index contributed by atoms with van der Waals surface area (Å²) in [5, 5.41) is 6.96. The van der Waals surface area contributed by atoms with Gasteiger partial charge in [-0.25, -0.2) is 0 Å². The van der Waals surface area contributed by atoms with Gasteiger partial charge < -0.3 is 5.32 Å². The molecule has 4 nitrogen and oxygen atoms in total. The van der Waals surface area contributed by atoms with Gasteiger partial charge in [-0.05, 0) is 44.0 Å². The van der Waals surface area contributed by atoms with Gasteiger partial charge in [0.05, 0.1) is 22.8 Å². The molecule has 1 aromatic carbocycles. The highest BCUT2D eigenvalue weighted by atomic mass is 79.9. The molecule has 0 spiro atoms. The first-order valence-corrected chi connectivity index (χ1v) is 6.96. The van der Waals surface area contributed by atoms with Crippen molar-refractivity contribution < 1.29 is 4.79 Å². The molecule has 1 heterocycles. The summed E-state index contributed by atoms with van der Waals surface area (Å²) >= 11 is 6.67. The Labute approximate surface area is 122 Å². The molecule has 6 heteroatoms. The highest BCUT2D eigenvalue weighted by Crippen LogP contribution is 2.15. The Morgan fingerprint density at radius 3 is 2.78 bits per heavy atom. The lowest BCUT2D eigenvalue weighted by Crippen LogP contribution is -2.27. The largest absolute Gasteiger partial charge is 0.350 e. The van der Waals surface area contributed by atoms with Crippen molar-refractivity contribution in [3.8, 4) is 0 Å². The van der Waals surface area contributed by atoms with Gasteiger partial charge in [-0.2, -0.15) is 5.10 Å². The number of rotatable bonds is 4. The number of nitrogens with one attached hydrogen (secondary N) is 1. The van der Waals surface area contributed by atoms with Gasteiger partial charge in [-0.15, -0.1) is 0 Å². The number of hydrogen-bond acceptors (Lipinski definition) is 2. The standard InChI is InChI=1S/C12H11Br2N3O/c13-9-7-16-17(8-9)6-5-15-12(18)10-3-1-2-4-11(10)14/h1-4,7-8H,5-6H2,(H,15,18). The molecule has 0 bridgehead atoms. The molecule has 94 valence electrons. The Kier molecular flexibility index (Phi) is 4.54. The van der Waals surface area contributed by atoms with Gasteiger partial charge in [0.25, 0.3) is 5.91 Å². The van der Waals surface area contributed by atoms with E-state index in [0.29, 0.717) is 18.7 Å². The highest BCUT2D eigenvalue weighted by Gasteiger charge is 2.08. The Bertz CT molecular complexity index is 554. The molecule has 2 rings (SSSR count). The smallest absolute Gasteiger partial charge is 0.252 e. The van der Waals surface area contributed by atoms with Gasteiger partial charge in [0.15, 0.2) is 0 Å². The van der Waals surface area contributed by atoms with E-state index in [1.54, 1.807) is 16.9 Å². The molecule has 18 heavy (non-hydrogen) atoms. The summed E-state index contributed by atoms with van der Waals surface area (Å²) in [6.07, 6.45) is 3.58. The average Bonchev–Trinajstić information content (AvgIpc) is 2.75. The zero-order valence-electron chi connectivity index (χ0n) is 9.44. The second-order valence-electron chi connectivity index (χ2n) is 3.66. The number of benzene rings is 1. The van der Waals surface area contributed by atoms with Gasteiger partial charge >= 0.3 is 0 Å². The van der Waals surface area contributed by atoms with Crippen LogP contribution in [0.4, 0.5) is 0 Å². The number of amides is 1. The van der Waals surface area contributed by atoms with Crippen LogP contribution in [-0.4, -0.2) is 22.2 Å². The number of carbonyl (C=O) groups is 1. The molecule has 0 fully saturated rings. The van der Waals surface area contributed by atoms with Crippen LogP contribution in [0.25, 0.3) is 0 Å². The summed E-state index contributed by atoms with van der Waals surface area (Å²) in [5.74, 6) is -0.0892. The third-order valence-electron chi connectivity index (χ3n) is 2.35. The van der Waals surface area contributed by atoms with E-state index in [1.807, 2.05) is 24.4 Å². The van der Waals surface area contributed by atoms with E-state index in [0.717, 1.165) is 8.95 Å². The molecule has 1 amide bonds. The van der Waals surface area contributed by atoms with Crippen LogP contribution < -0.4 is 5.32 Å². The average molecular weight is 373 g/mol. The van der Waals surface area contributed by atoms with Gasteiger partial charge in [0, 0.05) is 17.2 Å². The second-order valence-corrected chi connectivity index (χ2v) is 5.43. The lowest BCUT2D eigenvalue weighted by atomic mass is 10.2. The maximum Gasteiger partial charge on any atom is 0.252 e. The molecule has 0 saturated heterocycles. The SMILES string of the molecule is O=C(NCCn1cc(Br)cn1)c1ccccc1Br. The molecular formula is C12H11Br2N3O. The zero-order valence-corrected chi connectivity index (χ0v) is 12.6. The number of hydrogen-bond donors (Lipinski definition) is 1. The fourth-order valence-corrected chi connectivity index (χ4v) is 2.28. The van der Waals surface area contributed by atoms with Crippen LogP contribution in [0.3, 0.4) is 0 Å². The Balaban J connectivity index is 1.87. The van der Waals surface area contributed by atoms with Crippen molar-refractivity contribution in [2.24, 2.45) is 0 Å². The van der Waals surface area contributed by atoms with E-state index in [2.05, 4.69) is 42.3 Å². The van der Waals surface area contributed by atoms with E-state index in [1.165, 1.54) is 0 Å². The molecule has 0 aliphatic heterocycles. The Hall–Kier alpha value is -1.14. The molecule has 0 unspecified atom stereocenters. The lowest BCUT2D eigenvalue weighted by Gasteiger charge is -2.06. The summed E-state index contributed by atoms with van der Waals surface area (Å²) in [5.41, 5.74) is 0.638. The minimum atomic E-state index is -0.0892. The first kappa shape index (κ1) is 13.3. The summed E-state index contributed by atoms with van der Waals surface area (Å²) in [6, 6.07) is 7.34. The topological polar surface area (TPSA) is 46.9 Å². The molecule has 0 saturated carbocycles. The van der Waals surface area contributed by atoms with E-state index < -0.39 is 0 Å². The van der Waals surface area contributed by atoms with Crippen LogP contribution in [-0.2, 0) is 6.54 Å². The fourth-order valence-electron chi connectivity index (χ4n) is 1.49. The fraction of sp³-hybridized carbons (Fsp3) is 0.167. The maximum absolute atomic E-state index is 11.9. The van der Waals surface area contributed by atoms with E-state index in [9.17, 15) is 4.79 Å². The van der Waals surface area contributed by atoms with Crippen LogP contribution in [0.1, 0.15) is 10.4 Å². The molecule has 1 aromatic heterocycles. The summed E-state index contributed by atoms with van der Waals surface area (Å²) in [7, 11) is 0. The summed E-state index contributed by atoms with van der Waals surface area (Å²) < 4.78 is 3.49. The van der Waals surface area contributed by atoms with Gasteiger partial charge in [-0.3, -0.25) is 9.48 Å². The maximum atomic E-state index is 11.9. The number of carbonyl (C=O) groups excluding carboxylic acids is 1. The molecule has 0 radical (unpaired) electrons. The Morgan fingerprint density at radius 2 is 2.11 bits per heavy atom. The van der Waals surface area contributed by atoms with Gasteiger partial charge in [0.2, 0.25) is 0 Å². The molecule has 0 aliphatic carbocycles. The van der Waals surface area contributed by atoms with Crippen molar-refractivity contribution in [1.29, 1.82) is 0 Å². The highest BCUT2D eigenvalue weighted by molar-refractivity contribution is 9.10. The molecular weight excluding hydrogens is 362 g/mol. The summed E-state index contributed by atoms with van der Waals surface area (Å²) in [6.45, 7) is 1.18. The van der Waals surface area contributed by atoms with E-state index in [-0.39, 0.29) is 5.91 Å². The number of aromatic nitrogens is 2. The van der Waals surface area contributed by atoms with Crippen LogP contribution in [0.5, 0.6) is 0 Å². The number of halogens is 2. The van der Waals surface area contributed by atoms with E-state index >= 15 is 0 Å². The quantitative estimate of drug-likeness (QED) is 0.896. The first-order valence-electron chi connectivity index (χ1n) is 5.37. The van der Waals surface area contributed by atoms with E-state index in [4.69, 9.17) is 0 Å². The third-order valence-corrected chi connectivity index (χ3v) is 3.45. The van der Waals surface area contributed by atoms with Crippen molar-refractivity contribution in [3.63, 3.8) is 0 Å². The van der Waals surface area contributed by atoms with Crippen molar-refractivity contribution in [1.82, 2.24) is 15.1 Å².